The molecule has 2 atom stereocenters. The van der Waals surface area contributed by atoms with Gasteiger partial charge >= 0.3 is 0 Å². The average Bonchev–Trinajstić information content (AvgIpc) is 2.82. The van der Waals surface area contributed by atoms with Gasteiger partial charge in [0, 0.05) is 37.2 Å². The Bertz CT molecular complexity index is 540. The van der Waals surface area contributed by atoms with Gasteiger partial charge in [-0.15, -0.1) is 0 Å². The Kier molecular flexibility index (Phi) is 6.17. The zero-order valence-electron chi connectivity index (χ0n) is 14.8. The largest absolute Gasteiger partial charge is 0.377 e. The lowest BCUT2D eigenvalue weighted by molar-refractivity contribution is -0.0866. The molecule has 0 aromatic heterocycles. The van der Waals surface area contributed by atoms with E-state index in [2.05, 4.69) is 30.1 Å². The SMILES string of the molecule is CC(C)N1CCOCC2(CCC(CNCc3ccccc3Cl)O2)C1. The second kappa shape index (κ2) is 8.15. The van der Waals surface area contributed by atoms with Crippen molar-refractivity contribution in [2.24, 2.45) is 0 Å². The molecule has 2 saturated heterocycles. The lowest BCUT2D eigenvalue weighted by Crippen LogP contribution is -2.47. The fourth-order valence-electron chi connectivity index (χ4n) is 3.65. The summed E-state index contributed by atoms with van der Waals surface area (Å²) in [4.78, 5) is 2.48. The molecule has 4 nitrogen and oxygen atoms in total. The van der Waals surface area contributed by atoms with Crippen molar-refractivity contribution in [1.29, 1.82) is 0 Å². The van der Waals surface area contributed by atoms with Crippen LogP contribution in [0.15, 0.2) is 24.3 Å². The first-order valence-electron chi connectivity index (χ1n) is 9.02. The van der Waals surface area contributed by atoms with E-state index in [-0.39, 0.29) is 11.7 Å². The third-order valence-corrected chi connectivity index (χ3v) is 5.46. The van der Waals surface area contributed by atoms with E-state index >= 15 is 0 Å². The molecule has 2 aliphatic heterocycles. The topological polar surface area (TPSA) is 33.7 Å². The summed E-state index contributed by atoms with van der Waals surface area (Å²) < 4.78 is 12.3. The maximum absolute atomic E-state index is 6.46. The van der Waals surface area contributed by atoms with Gasteiger partial charge in [-0.05, 0) is 38.3 Å². The van der Waals surface area contributed by atoms with Crippen LogP contribution >= 0.6 is 11.6 Å². The van der Waals surface area contributed by atoms with Gasteiger partial charge in [0.1, 0.15) is 5.60 Å². The number of benzene rings is 1. The Morgan fingerprint density at radius 2 is 2.21 bits per heavy atom. The highest BCUT2D eigenvalue weighted by atomic mass is 35.5. The number of hydrogen-bond acceptors (Lipinski definition) is 4. The number of ether oxygens (including phenoxy) is 2. The Hall–Kier alpha value is -0.650. The van der Waals surface area contributed by atoms with Crippen molar-refractivity contribution in [3.8, 4) is 0 Å². The van der Waals surface area contributed by atoms with Crippen LogP contribution in [-0.4, -0.2) is 55.5 Å². The summed E-state index contributed by atoms with van der Waals surface area (Å²) in [5.41, 5.74) is 1.01. The second-order valence-corrected chi connectivity index (χ2v) is 7.71. The van der Waals surface area contributed by atoms with Crippen LogP contribution in [0.25, 0.3) is 0 Å². The molecule has 2 aliphatic rings. The number of rotatable bonds is 5. The molecule has 1 aromatic carbocycles. The summed E-state index contributed by atoms with van der Waals surface area (Å²) in [6.45, 7) is 9.63. The van der Waals surface area contributed by atoms with Crippen LogP contribution in [0.5, 0.6) is 0 Å². The third-order valence-electron chi connectivity index (χ3n) is 5.09. The van der Waals surface area contributed by atoms with E-state index in [0.29, 0.717) is 6.04 Å². The van der Waals surface area contributed by atoms with Crippen LogP contribution in [0, 0.1) is 0 Å². The summed E-state index contributed by atoms with van der Waals surface area (Å²) in [5.74, 6) is 0. The van der Waals surface area contributed by atoms with Gasteiger partial charge in [-0.25, -0.2) is 0 Å². The first-order chi connectivity index (χ1) is 11.6. The molecule has 0 radical (unpaired) electrons. The lowest BCUT2D eigenvalue weighted by atomic mass is 9.99. The summed E-state index contributed by atoms with van der Waals surface area (Å²) in [6.07, 6.45) is 2.42. The van der Waals surface area contributed by atoms with Crippen LogP contribution in [0.2, 0.25) is 5.02 Å². The minimum absolute atomic E-state index is 0.127. The molecule has 134 valence electrons. The monoisotopic (exact) mass is 352 g/mol. The van der Waals surface area contributed by atoms with E-state index in [1.54, 1.807) is 0 Å². The Morgan fingerprint density at radius 1 is 1.38 bits per heavy atom. The van der Waals surface area contributed by atoms with Crippen molar-refractivity contribution >= 4 is 11.6 Å². The molecule has 0 bridgehead atoms. The molecule has 24 heavy (non-hydrogen) atoms. The van der Waals surface area contributed by atoms with E-state index in [1.165, 1.54) is 0 Å². The van der Waals surface area contributed by atoms with Gasteiger partial charge in [0.25, 0.3) is 0 Å². The van der Waals surface area contributed by atoms with Crippen molar-refractivity contribution in [3.05, 3.63) is 34.9 Å². The summed E-state index contributed by atoms with van der Waals surface area (Å²) in [5, 5.41) is 4.31. The molecule has 2 fully saturated rings. The molecule has 2 heterocycles. The Morgan fingerprint density at radius 3 is 3.00 bits per heavy atom. The first kappa shape index (κ1) is 18.2. The highest BCUT2D eigenvalue weighted by molar-refractivity contribution is 6.31. The fraction of sp³-hybridized carbons (Fsp3) is 0.684. The molecular weight excluding hydrogens is 324 g/mol. The van der Waals surface area contributed by atoms with E-state index < -0.39 is 0 Å². The zero-order valence-corrected chi connectivity index (χ0v) is 15.5. The summed E-state index contributed by atoms with van der Waals surface area (Å²) >= 11 is 6.21. The normalized spacial score (nSPS) is 28.6. The van der Waals surface area contributed by atoms with Gasteiger partial charge in [-0.1, -0.05) is 29.8 Å². The highest BCUT2D eigenvalue weighted by Gasteiger charge is 2.43. The van der Waals surface area contributed by atoms with Crippen LogP contribution < -0.4 is 5.32 Å². The number of halogens is 1. The van der Waals surface area contributed by atoms with Crippen LogP contribution in [0.3, 0.4) is 0 Å². The molecule has 1 N–H and O–H groups in total. The predicted octanol–water partition coefficient (Wildman–Crippen LogP) is 3.09. The molecule has 1 spiro atoms. The van der Waals surface area contributed by atoms with Crippen molar-refractivity contribution in [1.82, 2.24) is 10.2 Å². The minimum atomic E-state index is -0.127. The van der Waals surface area contributed by atoms with Gasteiger partial charge in [0.2, 0.25) is 0 Å². The average molecular weight is 353 g/mol. The van der Waals surface area contributed by atoms with Crippen LogP contribution in [0.4, 0.5) is 0 Å². The first-order valence-corrected chi connectivity index (χ1v) is 9.39. The summed E-state index contributed by atoms with van der Waals surface area (Å²) in [7, 11) is 0. The number of hydrogen-bond donors (Lipinski definition) is 1. The smallest absolute Gasteiger partial charge is 0.105 e. The maximum atomic E-state index is 6.46. The van der Waals surface area contributed by atoms with Crippen molar-refractivity contribution in [2.75, 3.05) is 32.8 Å². The highest BCUT2D eigenvalue weighted by Crippen LogP contribution is 2.33. The van der Waals surface area contributed by atoms with Crippen LogP contribution in [-0.2, 0) is 16.0 Å². The lowest BCUT2D eigenvalue weighted by Gasteiger charge is -2.34. The maximum Gasteiger partial charge on any atom is 0.105 e. The van der Waals surface area contributed by atoms with E-state index in [0.717, 1.165) is 62.8 Å². The molecule has 1 aromatic rings. The van der Waals surface area contributed by atoms with Crippen molar-refractivity contribution in [3.63, 3.8) is 0 Å². The van der Waals surface area contributed by atoms with E-state index in [4.69, 9.17) is 21.1 Å². The zero-order chi connectivity index (χ0) is 17.0. The second-order valence-electron chi connectivity index (χ2n) is 7.30. The molecule has 0 saturated carbocycles. The van der Waals surface area contributed by atoms with Gasteiger partial charge in [-0.3, -0.25) is 4.90 Å². The van der Waals surface area contributed by atoms with Gasteiger partial charge in [0.15, 0.2) is 0 Å². The van der Waals surface area contributed by atoms with Gasteiger partial charge < -0.3 is 14.8 Å². The minimum Gasteiger partial charge on any atom is -0.377 e. The fourth-order valence-corrected chi connectivity index (χ4v) is 3.85. The number of nitrogens with one attached hydrogen (secondary N) is 1. The molecule has 2 unspecified atom stereocenters. The molecule has 0 aliphatic carbocycles. The van der Waals surface area contributed by atoms with Crippen molar-refractivity contribution in [2.45, 2.75) is 51.0 Å². The molecule has 5 heteroatoms. The quantitative estimate of drug-likeness (QED) is 0.883. The molecule has 0 amide bonds. The van der Waals surface area contributed by atoms with Gasteiger partial charge in [-0.2, -0.15) is 0 Å². The van der Waals surface area contributed by atoms with Gasteiger partial charge in [0.05, 0.1) is 19.3 Å². The Labute approximate surface area is 150 Å². The van der Waals surface area contributed by atoms with E-state index in [1.807, 2.05) is 18.2 Å². The van der Waals surface area contributed by atoms with Crippen molar-refractivity contribution < 1.29 is 9.47 Å². The number of nitrogens with zero attached hydrogens (tertiary/aromatic N) is 1. The predicted molar refractivity (Wildman–Crippen MR) is 97.5 cm³/mol. The van der Waals surface area contributed by atoms with Crippen LogP contribution in [0.1, 0.15) is 32.3 Å². The Balaban J connectivity index is 1.50. The third kappa shape index (κ3) is 4.50. The van der Waals surface area contributed by atoms with E-state index in [9.17, 15) is 0 Å². The molecule has 3 rings (SSSR count). The standard InChI is InChI=1S/C19H29ClN2O2/c1-15(2)22-9-10-23-14-19(13-22)8-7-17(24-19)12-21-11-16-5-3-4-6-18(16)20/h3-6,15,17,21H,7-14H2,1-2H3. The summed E-state index contributed by atoms with van der Waals surface area (Å²) in [6, 6.07) is 8.51. The molecular formula is C19H29ClN2O2.